The van der Waals surface area contributed by atoms with Crippen LogP contribution in [0.4, 0.5) is 0 Å². The second-order valence-electron chi connectivity index (χ2n) is 7.57. The van der Waals surface area contributed by atoms with Gasteiger partial charge in [-0.25, -0.2) is 12.7 Å². The Balaban J connectivity index is 1.80. The van der Waals surface area contributed by atoms with E-state index in [9.17, 15) is 8.42 Å². The molecule has 0 bridgehead atoms. The van der Waals surface area contributed by atoms with E-state index in [1.54, 1.807) is 20.2 Å². The number of nitrogens with zero attached hydrogens (tertiary/aromatic N) is 2. The van der Waals surface area contributed by atoms with Gasteiger partial charge in [-0.1, -0.05) is 43.3 Å². The first-order valence-corrected chi connectivity index (χ1v) is 11.2. The Morgan fingerprint density at radius 1 is 1.04 bits per heavy atom. The minimum absolute atomic E-state index is 0.371. The van der Waals surface area contributed by atoms with E-state index in [2.05, 4.69) is 36.1 Å². The zero-order valence-corrected chi connectivity index (χ0v) is 17.4. The summed E-state index contributed by atoms with van der Waals surface area (Å²) < 4.78 is 26.2. The molecule has 146 valence electrons. The minimum atomic E-state index is -3.40. The SMILES string of the molecule is CCCN(Cc1cccc(S(=O)(=O)N(C)C)c1)C1CCc2ccccc2C1. The van der Waals surface area contributed by atoms with Crippen LogP contribution in [0.15, 0.2) is 53.4 Å². The van der Waals surface area contributed by atoms with Crippen LogP contribution >= 0.6 is 0 Å². The van der Waals surface area contributed by atoms with Crippen LogP contribution in [-0.4, -0.2) is 44.3 Å². The summed E-state index contributed by atoms with van der Waals surface area (Å²) in [5.41, 5.74) is 3.99. The molecule has 5 heteroatoms. The summed E-state index contributed by atoms with van der Waals surface area (Å²) in [7, 11) is -0.249. The summed E-state index contributed by atoms with van der Waals surface area (Å²) in [6.45, 7) is 4.02. The first-order valence-electron chi connectivity index (χ1n) is 9.74. The smallest absolute Gasteiger partial charge is 0.242 e. The summed E-state index contributed by atoms with van der Waals surface area (Å²) in [6.07, 6.45) is 4.45. The number of fused-ring (bicyclic) bond motifs is 1. The topological polar surface area (TPSA) is 40.6 Å². The summed E-state index contributed by atoms with van der Waals surface area (Å²) >= 11 is 0. The standard InChI is InChI=1S/C22H30N2O2S/c1-4-14-24(21-13-12-19-9-5-6-10-20(19)16-21)17-18-8-7-11-22(15-18)27(25,26)23(2)3/h5-11,15,21H,4,12-14,16-17H2,1-3H3. The molecule has 0 spiro atoms. The van der Waals surface area contributed by atoms with Crippen LogP contribution in [0, 0.1) is 0 Å². The van der Waals surface area contributed by atoms with Crippen molar-refractivity contribution < 1.29 is 8.42 Å². The summed E-state index contributed by atoms with van der Waals surface area (Å²) in [6, 6.07) is 16.6. The molecule has 2 aromatic carbocycles. The van der Waals surface area contributed by atoms with Gasteiger partial charge in [0.1, 0.15) is 0 Å². The number of sulfonamides is 1. The molecule has 4 nitrogen and oxygen atoms in total. The van der Waals surface area contributed by atoms with Crippen LogP contribution in [0.2, 0.25) is 0 Å². The average Bonchev–Trinajstić information content (AvgIpc) is 2.67. The molecule has 0 N–H and O–H groups in total. The molecule has 1 atom stereocenters. The molecule has 0 radical (unpaired) electrons. The summed E-state index contributed by atoms with van der Waals surface area (Å²) in [5.74, 6) is 0. The Morgan fingerprint density at radius 2 is 1.78 bits per heavy atom. The van der Waals surface area contributed by atoms with Crippen molar-refractivity contribution in [3.63, 3.8) is 0 Å². The van der Waals surface area contributed by atoms with E-state index in [4.69, 9.17) is 0 Å². The lowest BCUT2D eigenvalue weighted by molar-refractivity contribution is 0.171. The van der Waals surface area contributed by atoms with Crippen LogP contribution < -0.4 is 0 Å². The van der Waals surface area contributed by atoms with E-state index in [-0.39, 0.29) is 0 Å². The zero-order valence-electron chi connectivity index (χ0n) is 16.6. The Morgan fingerprint density at radius 3 is 2.48 bits per heavy atom. The van der Waals surface area contributed by atoms with Gasteiger partial charge < -0.3 is 0 Å². The summed E-state index contributed by atoms with van der Waals surface area (Å²) in [4.78, 5) is 2.90. The summed E-state index contributed by atoms with van der Waals surface area (Å²) in [5, 5.41) is 0. The largest absolute Gasteiger partial charge is 0.296 e. The fraction of sp³-hybridized carbons (Fsp3) is 0.455. The molecule has 1 unspecified atom stereocenters. The highest BCUT2D eigenvalue weighted by molar-refractivity contribution is 7.89. The van der Waals surface area contributed by atoms with Gasteiger partial charge in [-0.05, 0) is 61.1 Å². The van der Waals surface area contributed by atoms with Gasteiger partial charge in [0.25, 0.3) is 0 Å². The van der Waals surface area contributed by atoms with Crippen LogP contribution in [-0.2, 0) is 29.4 Å². The molecular weight excluding hydrogens is 356 g/mol. The minimum Gasteiger partial charge on any atom is -0.296 e. The van der Waals surface area contributed by atoms with Crippen molar-refractivity contribution in [3.8, 4) is 0 Å². The first-order chi connectivity index (χ1) is 12.9. The van der Waals surface area contributed by atoms with Gasteiger partial charge in [-0.2, -0.15) is 0 Å². The number of benzene rings is 2. The van der Waals surface area contributed by atoms with E-state index in [1.165, 1.54) is 15.4 Å². The predicted octanol–water partition coefficient (Wildman–Crippen LogP) is 3.71. The normalized spacial score (nSPS) is 17.3. The fourth-order valence-corrected chi connectivity index (χ4v) is 4.89. The molecule has 0 aromatic heterocycles. The molecule has 0 heterocycles. The molecular formula is C22H30N2O2S. The lowest BCUT2D eigenvalue weighted by atomic mass is 9.87. The van der Waals surface area contributed by atoms with Gasteiger partial charge in [0.05, 0.1) is 4.90 Å². The predicted molar refractivity (Wildman–Crippen MR) is 110 cm³/mol. The first kappa shape index (κ1) is 20.1. The highest BCUT2D eigenvalue weighted by atomic mass is 32.2. The molecule has 0 saturated carbocycles. The van der Waals surface area contributed by atoms with Crippen molar-refractivity contribution in [2.75, 3.05) is 20.6 Å². The average molecular weight is 387 g/mol. The molecule has 1 aliphatic carbocycles. The van der Waals surface area contributed by atoms with Crippen LogP contribution in [0.5, 0.6) is 0 Å². The lowest BCUT2D eigenvalue weighted by Crippen LogP contribution is -2.39. The van der Waals surface area contributed by atoms with E-state index >= 15 is 0 Å². The van der Waals surface area contributed by atoms with Crippen LogP contribution in [0.1, 0.15) is 36.5 Å². The van der Waals surface area contributed by atoms with Gasteiger partial charge >= 0.3 is 0 Å². The van der Waals surface area contributed by atoms with E-state index in [0.29, 0.717) is 10.9 Å². The third-order valence-electron chi connectivity index (χ3n) is 5.41. The number of rotatable bonds is 7. The van der Waals surface area contributed by atoms with Gasteiger partial charge in [0.15, 0.2) is 0 Å². The number of aryl methyl sites for hydroxylation is 1. The van der Waals surface area contributed by atoms with Crippen molar-refractivity contribution in [2.45, 2.75) is 50.1 Å². The van der Waals surface area contributed by atoms with Crippen LogP contribution in [0.25, 0.3) is 0 Å². The Labute approximate surface area is 163 Å². The van der Waals surface area contributed by atoms with Crippen LogP contribution in [0.3, 0.4) is 0 Å². The maximum Gasteiger partial charge on any atom is 0.242 e. The maximum absolute atomic E-state index is 12.4. The number of hydrogen-bond acceptors (Lipinski definition) is 3. The Kier molecular flexibility index (Phi) is 6.35. The van der Waals surface area contributed by atoms with Crippen molar-refractivity contribution in [3.05, 3.63) is 65.2 Å². The maximum atomic E-state index is 12.4. The van der Waals surface area contributed by atoms with Gasteiger partial charge in [-0.15, -0.1) is 0 Å². The number of hydrogen-bond donors (Lipinski definition) is 0. The molecule has 27 heavy (non-hydrogen) atoms. The highest BCUT2D eigenvalue weighted by Gasteiger charge is 2.24. The second kappa shape index (κ2) is 8.55. The quantitative estimate of drug-likeness (QED) is 0.728. The molecule has 1 aliphatic rings. The Hall–Kier alpha value is -1.69. The molecule has 0 aliphatic heterocycles. The molecule has 0 amide bonds. The molecule has 3 rings (SSSR count). The molecule has 0 saturated heterocycles. The van der Waals surface area contributed by atoms with E-state index < -0.39 is 10.0 Å². The zero-order chi connectivity index (χ0) is 19.4. The third-order valence-corrected chi connectivity index (χ3v) is 7.22. The third kappa shape index (κ3) is 4.60. The van der Waals surface area contributed by atoms with Crippen molar-refractivity contribution in [2.24, 2.45) is 0 Å². The molecule has 2 aromatic rings. The van der Waals surface area contributed by atoms with E-state index in [1.807, 2.05) is 18.2 Å². The van der Waals surface area contributed by atoms with Gasteiger partial charge in [0.2, 0.25) is 10.0 Å². The fourth-order valence-electron chi connectivity index (χ4n) is 3.92. The van der Waals surface area contributed by atoms with E-state index in [0.717, 1.165) is 44.3 Å². The van der Waals surface area contributed by atoms with Gasteiger partial charge in [-0.3, -0.25) is 4.90 Å². The monoisotopic (exact) mass is 386 g/mol. The Bertz CT molecular complexity index is 877. The highest BCUT2D eigenvalue weighted by Crippen LogP contribution is 2.26. The van der Waals surface area contributed by atoms with Crippen molar-refractivity contribution >= 4 is 10.0 Å². The van der Waals surface area contributed by atoms with Crippen molar-refractivity contribution in [1.29, 1.82) is 0 Å². The van der Waals surface area contributed by atoms with Gasteiger partial charge in [0, 0.05) is 26.7 Å². The van der Waals surface area contributed by atoms with Crippen molar-refractivity contribution in [1.82, 2.24) is 9.21 Å². The second-order valence-corrected chi connectivity index (χ2v) is 9.72. The lowest BCUT2D eigenvalue weighted by Gasteiger charge is -2.35. The molecule has 0 fully saturated rings.